The molecule has 0 saturated carbocycles. The smallest absolute Gasteiger partial charge is 0.357 e. The molecule has 0 radical (unpaired) electrons. The fourth-order valence-electron chi connectivity index (χ4n) is 1.27. The van der Waals surface area contributed by atoms with Crippen LogP contribution in [0.3, 0.4) is 0 Å². The summed E-state index contributed by atoms with van der Waals surface area (Å²) >= 11 is 0. The number of rotatable bonds is 4. The minimum Gasteiger partial charge on any atom is -0.461 e. The lowest BCUT2D eigenvalue weighted by Gasteiger charge is -2.09. The second-order valence-corrected chi connectivity index (χ2v) is 3.07. The van der Waals surface area contributed by atoms with Gasteiger partial charge in [0.1, 0.15) is 5.82 Å². The lowest BCUT2D eigenvalue weighted by Crippen LogP contribution is -2.14. The van der Waals surface area contributed by atoms with Gasteiger partial charge >= 0.3 is 5.97 Å². The van der Waals surface area contributed by atoms with Crippen LogP contribution in [0.2, 0.25) is 0 Å². The molecule has 0 aromatic carbocycles. The Labute approximate surface area is 95.6 Å². The zero-order valence-corrected chi connectivity index (χ0v) is 9.04. The first-order valence-corrected chi connectivity index (χ1v) is 4.85. The summed E-state index contributed by atoms with van der Waals surface area (Å²) in [7, 11) is 0. The van der Waals surface area contributed by atoms with Gasteiger partial charge in [-0.15, -0.1) is 0 Å². The number of pyridine rings is 1. The van der Waals surface area contributed by atoms with E-state index in [0.29, 0.717) is 6.07 Å². The van der Waals surface area contributed by atoms with Crippen molar-refractivity contribution >= 4 is 5.97 Å². The molecule has 2 N–H and O–H groups in total. The maximum absolute atomic E-state index is 13.4. The van der Waals surface area contributed by atoms with Crippen LogP contribution in [-0.2, 0) is 11.3 Å². The molecule has 0 fully saturated rings. The van der Waals surface area contributed by atoms with Crippen LogP contribution in [0.25, 0.3) is 0 Å². The number of alkyl halides is 2. The summed E-state index contributed by atoms with van der Waals surface area (Å²) in [5, 5.41) is 0. The Hall–Kier alpha value is -1.63. The maximum Gasteiger partial charge on any atom is 0.357 e. The molecule has 94 valence electrons. The average molecular weight is 248 g/mol. The fraction of sp³-hybridized carbons (Fsp3) is 0.400. The fourth-order valence-corrected chi connectivity index (χ4v) is 1.27. The average Bonchev–Trinajstić information content (AvgIpc) is 2.27. The van der Waals surface area contributed by atoms with Crippen molar-refractivity contribution in [3.05, 3.63) is 28.8 Å². The number of esters is 1. The highest BCUT2D eigenvalue weighted by atomic mass is 19.3. The van der Waals surface area contributed by atoms with Crippen LogP contribution < -0.4 is 5.73 Å². The third-order valence-corrected chi connectivity index (χ3v) is 1.98. The number of hydrogen-bond acceptors (Lipinski definition) is 4. The molecule has 0 atom stereocenters. The van der Waals surface area contributed by atoms with Gasteiger partial charge in [0.05, 0.1) is 17.9 Å². The zero-order valence-electron chi connectivity index (χ0n) is 9.04. The first-order valence-electron chi connectivity index (χ1n) is 4.85. The van der Waals surface area contributed by atoms with Crippen molar-refractivity contribution in [2.45, 2.75) is 19.9 Å². The van der Waals surface area contributed by atoms with Gasteiger partial charge < -0.3 is 10.5 Å². The van der Waals surface area contributed by atoms with Crippen molar-refractivity contribution in [3.63, 3.8) is 0 Å². The molecular formula is C10H11F3N2O2. The molecule has 1 aromatic heterocycles. The number of nitrogens with zero attached hydrogens (tertiary/aromatic N) is 1. The number of nitrogens with two attached hydrogens (primary N) is 1. The van der Waals surface area contributed by atoms with E-state index >= 15 is 0 Å². The summed E-state index contributed by atoms with van der Waals surface area (Å²) in [5.41, 5.74) is 3.60. The Bertz CT molecular complexity index is 424. The Morgan fingerprint density at radius 1 is 1.59 bits per heavy atom. The summed E-state index contributed by atoms with van der Waals surface area (Å²) in [4.78, 5) is 14.8. The minimum atomic E-state index is -3.03. The minimum absolute atomic E-state index is 0.0800. The molecule has 0 aliphatic rings. The van der Waals surface area contributed by atoms with Crippen molar-refractivity contribution in [2.24, 2.45) is 5.73 Å². The van der Waals surface area contributed by atoms with Gasteiger partial charge in [0, 0.05) is 12.6 Å². The molecule has 1 rings (SSSR count). The van der Waals surface area contributed by atoms with Gasteiger partial charge in [0.2, 0.25) is 0 Å². The van der Waals surface area contributed by atoms with Crippen molar-refractivity contribution in [2.75, 3.05) is 6.61 Å². The van der Waals surface area contributed by atoms with Gasteiger partial charge in [-0.3, -0.25) is 0 Å². The van der Waals surface area contributed by atoms with E-state index in [1.165, 1.54) is 0 Å². The predicted octanol–water partition coefficient (Wildman–Crippen LogP) is 1.79. The SMILES string of the molecule is CCOC(=O)c1cc(F)c(C(F)F)c(CN)n1. The Kier molecular flexibility index (Phi) is 4.45. The van der Waals surface area contributed by atoms with Crippen molar-refractivity contribution < 1.29 is 22.7 Å². The normalized spacial score (nSPS) is 10.7. The van der Waals surface area contributed by atoms with Crippen LogP contribution in [-0.4, -0.2) is 17.6 Å². The first kappa shape index (κ1) is 13.4. The van der Waals surface area contributed by atoms with Crippen molar-refractivity contribution in [1.29, 1.82) is 0 Å². The molecule has 1 aromatic rings. The van der Waals surface area contributed by atoms with Crippen LogP contribution in [0.4, 0.5) is 13.2 Å². The molecular weight excluding hydrogens is 237 g/mol. The van der Waals surface area contributed by atoms with Gasteiger partial charge in [0.25, 0.3) is 6.43 Å². The Morgan fingerprint density at radius 2 is 2.24 bits per heavy atom. The van der Waals surface area contributed by atoms with Crippen LogP contribution in [0, 0.1) is 5.82 Å². The van der Waals surface area contributed by atoms with Gasteiger partial charge in [-0.2, -0.15) is 0 Å². The molecule has 0 amide bonds. The molecule has 1 heterocycles. The van der Waals surface area contributed by atoms with E-state index in [1.807, 2.05) is 0 Å². The predicted molar refractivity (Wildman–Crippen MR) is 53.0 cm³/mol. The van der Waals surface area contributed by atoms with Crippen LogP contribution in [0.15, 0.2) is 6.07 Å². The highest BCUT2D eigenvalue weighted by Crippen LogP contribution is 2.25. The Morgan fingerprint density at radius 3 is 2.71 bits per heavy atom. The van der Waals surface area contributed by atoms with Gasteiger partial charge in [-0.05, 0) is 6.92 Å². The quantitative estimate of drug-likeness (QED) is 0.825. The summed E-state index contributed by atoms with van der Waals surface area (Å²) in [6.07, 6.45) is -3.03. The molecule has 0 spiro atoms. The molecule has 4 nitrogen and oxygen atoms in total. The number of ether oxygens (including phenoxy) is 1. The van der Waals surface area contributed by atoms with Gasteiger partial charge in [0.15, 0.2) is 5.69 Å². The molecule has 0 aliphatic carbocycles. The second-order valence-electron chi connectivity index (χ2n) is 3.07. The van der Waals surface area contributed by atoms with E-state index in [2.05, 4.69) is 9.72 Å². The summed E-state index contributed by atoms with van der Waals surface area (Å²) in [6.45, 7) is 1.26. The van der Waals surface area contributed by atoms with Gasteiger partial charge in [-0.25, -0.2) is 22.9 Å². The number of aromatic nitrogens is 1. The van der Waals surface area contributed by atoms with E-state index in [-0.39, 0.29) is 24.5 Å². The number of carbonyl (C=O) groups excluding carboxylic acids is 1. The standard InChI is InChI=1S/C10H11F3N2O2/c1-2-17-10(16)6-3-5(11)8(9(12)13)7(4-14)15-6/h3,9H,2,4,14H2,1H3. The first-order chi connectivity index (χ1) is 8.01. The number of halogens is 3. The van der Waals surface area contributed by atoms with Crippen molar-refractivity contribution in [1.82, 2.24) is 4.98 Å². The molecule has 0 aliphatic heterocycles. The van der Waals surface area contributed by atoms with Crippen LogP contribution >= 0.6 is 0 Å². The van der Waals surface area contributed by atoms with Crippen molar-refractivity contribution in [3.8, 4) is 0 Å². The summed E-state index contributed by atoms with van der Waals surface area (Å²) in [5.74, 6) is -2.08. The largest absolute Gasteiger partial charge is 0.461 e. The van der Waals surface area contributed by atoms with E-state index in [1.54, 1.807) is 6.92 Å². The third-order valence-electron chi connectivity index (χ3n) is 1.98. The molecule has 7 heteroatoms. The molecule has 0 unspecified atom stereocenters. The zero-order chi connectivity index (χ0) is 13.0. The highest BCUT2D eigenvalue weighted by Gasteiger charge is 2.22. The maximum atomic E-state index is 13.4. The highest BCUT2D eigenvalue weighted by molar-refractivity contribution is 5.87. The van der Waals surface area contributed by atoms with Crippen LogP contribution in [0.1, 0.15) is 35.1 Å². The molecule has 17 heavy (non-hydrogen) atoms. The number of hydrogen-bond donors (Lipinski definition) is 1. The number of carbonyl (C=O) groups is 1. The topological polar surface area (TPSA) is 65.2 Å². The second kappa shape index (κ2) is 5.62. The van der Waals surface area contributed by atoms with E-state index in [4.69, 9.17) is 5.73 Å². The van der Waals surface area contributed by atoms with E-state index in [9.17, 15) is 18.0 Å². The lowest BCUT2D eigenvalue weighted by atomic mass is 10.1. The lowest BCUT2D eigenvalue weighted by molar-refractivity contribution is 0.0517. The molecule has 0 bridgehead atoms. The molecule has 0 saturated heterocycles. The van der Waals surface area contributed by atoms with Gasteiger partial charge in [-0.1, -0.05) is 0 Å². The third kappa shape index (κ3) is 2.94. The van der Waals surface area contributed by atoms with E-state index < -0.39 is 23.8 Å². The van der Waals surface area contributed by atoms with Crippen LogP contribution in [0.5, 0.6) is 0 Å². The monoisotopic (exact) mass is 248 g/mol. The van der Waals surface area contributed by atoms with E-state index in [0.717, 1.165) is 0 Å². The summed E-state index contributed by atoms with van der Waals surface area (Å²) in [6, 6.07) is 0.624. The summed E-state index contributed by atoms with van der Waals surface area (Å²) < 4.78 is 43.0. The Balaban J connectivity index is 3.22.